The van der Waals surface area contributed by atoms with Gasteiger partial charge in [0.1, 0.15) is 11.6 Å². The zero-order valence-electron chi connectivity index (χ0n) is 13.4. The van der Waals surface area contributed by atoms with Crippen molar-refractivity contribution in [3.63, 3.8) is 0 Å². The minimum atomic E-state index is -0.302. The molecule has 1 fully saturated rings. The first-order valence-corrected chi connectivity index (χ1v) is 8.59. The fraction of sp³-hybridized carbons (Fsp3) is 0.333. The second-order valence-electron chi connectivity index (χ2n) is 5.72. The van der Waals surface area contributed by atoms with Gasteiger partial charge in [0.25, 0.3) is 0 Å². The number of piperazine rings is 1. The zero-order valence-corrected chi connectivity index (χ0v) is 14.9. The molecule has 0 bridgehead atoms. The quantitative estimate of drug-likeness (QED) is 0.877. The molecule has 24 heavy (non-hydrogen) atoms. The van der Waals surface area contributed by atoms with E-state index in [9.17, 15) is 4.39 Å². The summed E-state index contributed by atoms with van der Waals surface area (Å²) in [7, 11) is 1.59. The average molecular weight is 369 g/mol. The van der Waals surface area contributed by atoms with Crippen molar-refractivity contribution in [1.29, 1.82) is 0 Å². The van der Waals surface area contributed by atoms with Gasteiger partial charge in [0.05, 0.1) is 23.2 Å². The fourth-order valence-electron chi connectivity index (χ4n) is 3.15. The van der Waals surface area contributed by atoms with E-state index in [-0.39, 0.29) is 11.9 Å². The van der Waals surface area contributed by atoms with Gasteiger partial charge in [-0.15, -0.1) is 0 Å². The summed E-state index contributed by atoms with van der Waals surface area (Å²) in [6.45, 7) is 3.39. The molecule has 0 spiro atoms. The van der Waals surface area contributed by atoms with Gasteiger partial charge in [-0.25, -0.2) is 4.39 Å². The van der Waals surface area contributed by atoms with E-state index >= 15 is 0 Å². The van der Waals surface area contributed by atoms with E-state index in [2.05, 4.69) is 10.2 Å². The monoisotopic (exact) mass is 368 g/mol. The van der Waals surface area contributed by atoms with Crippen LogP contribution < -0.4 is 10.1 Å². The Morgan fingerprint density at radius 1 is 1.12 bits per heavy atom. The van der Waals surface area contributed by atoms with Crippen LogP contribution in [-0.2, 0) is 0 Å². The van der Waals surface area contributed by atoms with Crippen LogP contribution in [0.4, 0.5) is 4.39 Å². The normalized spacial score (nSPS) is 16.8. The lowest BCUT2D eigenvalue weighted by molar-refractivity contribution is 0.195. The van der Waals surface area contributed by atoms with Crippen LogP contribution in [0.25, 0.3) is 0 Å². The highest BCUT2D eigenvalue weighted by Crippen LogP contribution is 2.40. The number of benzene rings is 2. The molecule has 0 radical (unpaired) electrons. The second kappa shape index (κ2) is 7.70. The Morgan fingerprint density at radius 3 is 2.58 bits per heavy atom. The van der Waals surface area contributed by atoms with Crippen LogP contribution in [0.15, 0.2) is 36.4 Å². The van der Waals surface area contributed by atoms with E-state index < -0.39 is 0 Å². The number of hydrogen-bond acceptors (Lipinski definition) is 3. The predicted molar refractivity (Wildman–Crippen MR) is 95.7 cm³/mol. The van der Waals surface area contributed by atoms with Crippen LogP contribution in [0.3, 0.4) is 0 Å². The van der Waals surface area contributed by atoms with Gasteiger partial charge < -0.3 is 10.1 Å². The largest absolute Gasteiger partial charge is 0.496 e. The van der Waals surface area contributed by atoms with Crippen LogP contribution in [0.5, 0.6) is 5.75 Å². The summed E-state index contributed by atoms with van der Waals surface area (Å²) in [4.78, 5) is 2.27. The third kappa shape index (κ3) is 3.52. The maximum atomic E-state index is 14.0. The van der Waals surface area contributed by atoms with Crippen LogP contribution in [0.2, 0.25) is 10.0 Å². The summed E-state index contributed by atoms with van der Waals surface area (Å²) < 4.78 is 19.4. The van der Waals surface area contributed by atoms with Crippen molar-refractivity contribution in [2.75, 3.05) is 33.3 Å². The molecule has 1 aliphatic rings. The van der Waals surface area contributed by atoms with Crippen molar-refractivity contribution in [3.05, 3.63) is 63.4 Å². The summed E-state index contributed by atoms with van der Waals surface area (Å²) in [6.07, 6.45) is 0. The SMILES string of the molecule is COc1ccc(F)cc1C(c1cccc(Cl)c1Cl)N1CCNCC1. The molecule has 1 aliphatic heterocycles. The lowest BCUT2D eigenvalue weighted by Gasteiger charge is -2.36. The topological polar surface area (TPSA) is 24.5 Å². The molecule has 6 heteroatoms. The van der Waals surface area contributed by atoms with Gasteiger partial charge in [-0.05, 0) is 29.8 Å². The molecule has 0 aromatic heterocycles. The predicted octanol–water partition coefficient (Wildman–Crippen LogP) is 4.14. The summed E-state index contributed by atoms with van der Waals surface area (Å²) in [6, 6.07) is 9.91. The first-order chi connectivity index (χ1) is 11.6. The zero-order chi connectivity index (χ0) is 17.1. The van der Waals surface area contributed by atoms with Gasteiger partial charge in [-0.1, -0.05) is 35.3 Å². The Kier molecular flexibility index (Phi) is 5.61. The van der Waals surface area contributed by atoms with E-state index in [4.69, 9.17) is 27.9 Å². The molecular formula is C18H19Cl2FN2O. The summed E-state index contributed by atoms with van der Waals surface area (Å²) >= 11 is 12.7. The molecule has 128 valence electrons. The van der Waals surface area contributed by atoms with Crippen molar-refractivity contribution in [1.82, 2.24) is 10.2 Å². The number of ether oxygens (including phenoxy) is 1. The molecule has 1 N–H and O–H groups in total. The number of rotatable bonds is 4. The number of methoxy groups -OCH3 is 1. The lowest BCUT2D eigenvalue weighted by atomic mass is 9.95. The van der Waals surface area contributed by atoms with E-state index in [0.717, 1.165) is 37.3 Å². The minimum Gasteiger partial charge on any atom is -0.496 e. The highest BCUT2D eigenvalue weighted by atomic mass is 35.5. The van der Waals surface area contributed by atoms with Gasteiger partial charge in [0, 0.05) is 31.7 Å². The maximum Gasteiger partial charge on any atom is 0.124 e. The Morgan fingerprint density at radius 2 is 1.88 bits per heavy atom. The van der Waals surface area contributed by atoms with Gasteiger partial charge >= 0.3 is 0 Å². The van der Waals surface area contributed by atoms with Crippen LogP contribution >= 0.6 is 23.2 Å². The van der Waals surface area contributed by atoms with Gasteiger partial charge in [0.15, 0.2) is 0 Å². The summed E-state index contributed by atoms with van der Waals surface area (Å²) in [5.74, 6) is 0.333. The maximum absolute atomic E-state index is 14.0. The Labute approximate surface area is 151 Å². The van der Waals surface area contributed by atoms with Crippen LogP contribution in [-0.4, -0.2) is 38.2 Å². The highest BCUT2D eigenvalue weighted by Gasteiger charge is 2.29. The highest BCUT2D eigenvalue weighted by molar-refractivity contribution is 6.42. The van der Waals surface area contributed by atoms with Crippen LogP contribution in [0.1, 0.15) is 17.2 Å². The van der Waals surface area contributed by atoms with Crippen molar-refractivity contribution in [2.45, 2.75) is 6.04 Å². The molecule has 3 nitrogen and oxygen atoms in total. The molecule has 2 aromatic carbocycles. The molecule has 0 saturated carbocycles. The van der Waals surface area contributed by atoms with Gasteiger partial charge in [-0.3, -0.25) is 4.90 Å². The lowest BCUT2D eigenvalue weighted by Crippen LogP contribution is -2.45. The Hall–Kier alpha value is -1.33. The van der Waals surface area contributed by atoms with Crippen molar-refractivity contribution >= 4 is 23.2 Å². The molecule has 3 rings (SSSR count). The van der Waals surface area contributed by atoms with Gasteiger partial charge in [0.2, 0.25) is 0 Å². The number of halogens is 3. The van der Waals surface area contributed by atoms with Crippen molar-refractivity contribution < 1.29 is 9.13 Å². The molecular weight excluding hydrogens is 350 g/mol. The third-order valence-electron chi connectivity index (χ3n) is 4.28. The fourth-order valence-corrected chi connectivity index (χ4v) is 3.56. The summed E-state index contributed by atoms with van der Waals surface area (Å²) in [5, 5.41) is 4.32. The molecule has 2 aromatic rings. The van der Waals surface area contributed by atoms with E-state index in [1.54, 1.807) is 19.2 Å². The molecule has 0 aliphatic carbocycles. The van der Waals surface area contributed by atoms with Crippen LogP contribution in [0, 0.1) is 5.82 Å². The second-order valence-corrected chi connectivity index (χ2v) is 6.50. The van der Waals surface area contributed by atoms with E-state index in [1.165, 1.54) is 12.1 Å². The molecule has 1 atom stereocenters. The van der Waals surface area contributed by atoms with E-state index in [1.807, 2.05) is 12.1 Å². The number of hydrogen-bond donors (Lipinski definition) is 1. The standard InChI is InChI=1S/C18H19Cl2FN2O/c1-24-16-6-5-12(21)11-14(16)18(23-9-7-22-8-10-23)13-3-2-4-15(19)17(13)20/h2-6,11,18,22H,7-10H2,1H3. The molecule has 1 saturated heterocycles. The molecule has 1 unspecified atom stereocenters. The summed E-state index contributed by atoms with van der Waals surface area (Å²) in [5.41, 5.74) is 1.61. The van der Waals surface area contributed by atoms with Crippen molar-refractivity contribution in [3.8, 4) is 5.75 Å². The smallest absolute Gasteiger partial charge is 0.124 e. The molecule has 1 heterocycles. The first-order valence-electron chi connectivity index (χ1n) is 7.84. The minimum absolute atomic E-state index is 0.219. The van der Waals surface area contributed by atoms with Crippen molar-refractivity contribution in [2.24, 2.45) is 0 Å². The Balaban J connectivity index is 2.15. The number of nitrogens with one attached hydrogen (secondary N) is 1. The number of nitrogens with zero attached hydrogens (tertiary/aromatic N) is 1. The third-order valence-corrected chi connectivity index (χ3v) is 5.11. The van der Waals surface area contributed by atoms with E-state index in [0.29, 0.717) is 15.8 Å². The average Bonchev–Trinajstić information content (AvgIpc) is 2.60. The first kappa shape index (κ1) is 17.5. The van der Waals surface area contributed by atoms with Gasteiger partial charge in [-0.2, -0.15) is 0 Å². The Bertz CT molecular complexity index is 720. The molecule has 0 amide bonds.